The van der Waals surface area contributed by atoms with Crippen molar-refractivity contribution in [3.63, 3.8) is 0 Å². The van der Waals surface area contributed by atoms with Crippen molar-refractivity contribution in [3.05, 3.63) is 29.8 Å². The lowest BCUT2D eigenvalue weighted by Crippen LogP contribution is -2.34. The van der Waals surface area contributed by atoms with E-state index < -0.39 is 0 Å². The molecule has 0 saturated carbocycles. The zero-order chi connectivity index (χ0) is 12.8. The van der Waals surface area contributed by atoms with Gasteiger partial charge in [0.1, 0.15) is 5.75 Å². The molecule has 1 aliphatic rings. The number of nitrogens with one attached hydrogen (secondary N) is 1. The van der Waals surface area contributed by atoms with Crippen LogP contribution in [0, 0.1) is 0 Å². The number of rotatable bonds is 5. The van der Waals surface area contributed by atoms with Gasteiger partial charge < -0.3 is 10.1 Å². The summed E-state index contributed by atoms with van der Waals surface area (Å²) in [6.07, 6.45) is 5.30. The van der Waals surface area contributed by atoms with E-state index in [1.165, 1.54) is 19.3 Å². The molecule has 98 valence electrons. The molecule has 1 unspecified atom stereocenters. The minimum Gasteiger partial charge on any atom is -0.497 e. The Hall–Kier alpha value is -1.35. The number of carbonyl (C=O) groups is 1. The summed E-state index contributed by atoms with van der Waals surface area (Å²) >= 11 is 0. The molecule has 0 bridgehead atoms. The third kappa shape index (κ3) is 3.57. The average Bonchev–Trinajstić information content (AvgIpc) is 2.46. The first kappa shape index (κ1) is 13.1. The lowest BCUT2D eigenvalue weighted by Gasteiger charge is -2.22. The van der Waals surface area contributed by atoms with Gasteiger partial charge in [-0.1, -0.05) is 18.6 Å². The van der Waals surface area contributed by atoms with E-state index in [1.807, 2.05) is 24.3 Å². The van der Waals surface area contributed by atoms with Crippen LogP contribution in [0.25, 0.3) is 0 Å². The number of ketones is 1. The summed E-state index contributed by atoms with van der Waals surface area (Å²) < 4.78 is 5.13. The van der Waals surface area contributed by atoms with Crippen LogP contribution in [0.5, 0.6) is 5.75 Å². The molecule has 3 nitrogen and oxygen atoms in total. The molecule has 0 spiro atoms. The van der Waals surface area contributed by atoms with E-state index in [9.17, 15) is 4.79 Å². The van der Waals surface area contributed by atoms with Crippen LogP contribution in [0.1, 0.15) is 42.5 Å². The molecule has 1 aliphatic heterocycles. The molecule has 1 aromatic rings. The molecule has 2 rings (SSSR count). The van der Waals surface area contributed by atoms with E-state index in [-0.39, 0.29) is 5.78 Å². The molecule has 1 saturated heterocycles. The summed E-state index contributed by atoms with van der Waals surface area (Å²) in [6.45, 7) is 1.10. The Morgan fingerprint density at radius 1 is 1.44 bits per heavy atom. The van der Waals surface area contributed by atoms with Crippen LogP contribution in [-0.4, -0.2) is 25.5 Å². The van der Waals surface area contributed by atoms with Crippen molar-refractivity contribution in [2.75, 3.05) is 13.7 Å². The number of hydrogen-bond acceptors (Lipinski definition) is 3. The van der Waals surface area contributed by atoms with Gasteiger partial charge in [-0.3, -0.25) is 4.79 Å². The fraction of sp³-hybridized carbons (Fsp3) is 0.533. The van der Waals surface area contributed by atoms with Crippen LogP contribution in [0.3, 0.4) is 0 Å². The number of benzene rings is 1. The average molecular weight is 247 g/mol. The molecule has 0 aliphatic carbocycles. The van der Waals surface area contributed by atoms with Gasteiger partial charge in [0.2, 0.25) is 0 Å². The molecule has 18 heavy (non-hydrogen) atoms. The highest BCUT2D eigenvalue weighted by atomic mass is 16.5. The van der Waals surface area contributed by atoms with Crippen molar-refractivity contribution in [2.24, 2.45) is 0 Å². The molecule has 0 radical (unpaired) electrons. The first-order valence-electron chi connectivity index (χ1n) is 6.70. The Morgan fingerprint density at radius 2 is 2.33 bits per heavy atom. The van der Waals surface area contributed by atoms with Gasteiger partial charge in [-0.25, -0.2) is 0 Å². The van der Waals surface area contributed by atoms with Gasteiger partial charge in [-0.05, 0) is 37.9 Å². The monoisotopic (exact) mass is 247 g/mol. The van der Waals surface area contributed by atoms with E-state index in [0.717, 1.165) is 24.3 Å². The van der Waals surface area contributed by atoms with Gasteiger partial charge in [0, 0.05) is 18.0 Å². The number of piperidine rings is 1. The first-order valence-corrected chi connectivity index (χ1v) is 6.70. The Kier molecular flexibility index (Phi) is 4.76. The fourth-order valence-electron chi connectivity index (χ4n) is 2.42. The molecule has 1 atom stereocenters. The fourth-order valence-corrected chi connectivity index (χ4v) is 2.42. The highest BCUT2D eigenvalue weighted by molar-refractivity contribution is 5.96. The van der Waals surface area contributed by atoms with E-state index in [1.54, 1.807) is 7.11 Å². The summed E-state index contributed by atoms with van der Waals surface area (Å²) in [6, 6.07) is 7.92. The normalized spacial score (nSPS) is 19.5. The summed E-state index contributed by atoms with van der Waals surface area (Å²) in [7, 11) is 1.62. The molecule has 0 aromatic heterocycles. The minimum absolute atomic E-state index is 0.210. The van der Waals surface area contributed by atoms with Crippen LogP contribution in [-0.2, 0) is 0 Å². The molecule has 1 heterocycles. The molecular weight excluding hydrogens is 226 g/mol. The minimum atomic E-state index is 0.210. The van der Waals surface area contributed by atoms with Crippen molar-refractivity contribution >= 4 is 5.78 Å². The number of hydrogen-bond donors (Lipinski definition) is 1. The number of methoxy groups -OCH3 is 1. The predicted molar refractivity (Wildman–Crippen MR) is 72.2 cm³/mol. The van der Waals surface area contributed by atoms with Crippen LogP contribution >= 0.6 is 0 Å². The highest BCUT2D eigenvalue weighted by Crippen LogP contribution is 2.17. The Morgan fingerprint density at radius 3 is 3.06 bits per heavy atom. The van der Waals surface area contributed by atoms with E-state index in [2.05, 4.69) is 5.32 Å². The Labute approximate surface area is 109 Å². The smallest absolute Gasteiger partial charge is 0.163 e. The predicted octanol–water partition coefficient (Wildman–Crippen LogP) is 2.80. The third-order valence-corrected chi connectivity index (χ3v) is 3.52. The Bertz CT molecular complexity index is 397. The van der Waals surface area contributed by atoms with Crippen molar-refractivity contribution in [3.8, 4) is 5.75 Å². The molecular formula is C15H21NO2. The molecule has 1 N–H and O–H groups in total. The second-order valence-electron chi connectivity index (χ2n) is 4.84. The van der Waals surface area contributed by atoms with E-state index in [4.69, 9.17) is 4.74 Å². The maximum absolute atomic E-state index is 12.1. The van der Waals surface area contributed by atoms with Gasteiger partial charge in [-0.15, -0.1) is 0 Å². The van der Waals surface area contributed by atoms with E-state index >= 15 is 0 Å². The second kappa shape index (κ2) is 6.55. The lowest BCUT2D eigenvalue weighted by molar-refractivity contribution is 0.0974. The standard InChI is InChI=1S/C15H21NO2/c1-18-14-7-4-5-12(11-14)15(17)9-8-13-6-2-3-10-16-13/h4-5,7,11,13,16H,2-3,6,8-10H2,1H3. The maximum Gasteiger partial charge on any atom is 0.163 e. The largest absolute Gasteiger partial charge is 0.497 e. The summed E-state index contributed by atoms with van der Waals surface area (Å²) in [5, 5.41) is 3.47. The number of Topliss-reactive ketones (excluding diaryl/α,β-unsaturated/α-hetero) is 1. The molecule has 0 amide bonds. The van der Waals surface area contributed by atoms with Crippen molar-refractivity contribution < 1.29 is 9.53 Å². The third-order valence-electron chi connectivity index (χ3n) is 3.52. The number of ether oxygens (including phenoxy) is 1. The molecule has 3 heteroatoms. The summed E-state index contributed by atoms with van der Waals surface area (Å²) in [5.41, 5.74) is 0.755. The van der Waals surface area contributed by atoms with E-state index in [0.29, 0.717) is 12.5 Å². The zero-order valence-electron chi connectivity index (χ0n) is 10.9. The van der Waals surface area contributed by atoms with Gasteiger partial charge >= 0.3 is 0 Å². The quantitative estimate of drug-likeness (QED) is 0.813. The lowest BCUT2D eigenvalue weighted by atomic mass is 9.97. The van der Waals surface area contributed by atoms with Gasteiger partial charge in [0.05, 0.1) is 7.11 Å². The van der Waals surface area contributed by atoms with Crippen molar-refractivity contribution in [1.29, 1.82) is 0 Å². The van der Waals surface area contributed by atoms with Crippen LogP contribution in [0.4, 0.5) is 0 Å². The summed E-state index contributed by atoms with van der Waals surface area (Å²) in [5.74, 6) is 0.956. The Balaban J connectivity index is 1.86. The SMILES string of the molecule is COc1cccc(C(=O)CCC2CCCCN2)c1. The maximum atomic E-state index is 12.1. The highest BCUT2D eigenvalue weighted by Gasteiger charge is 2.15. The molecule has 1 fully saturated rings. The van der Waals surface area contributed by atoms with Gasteiger partial charge in [-0.2, -0.15) is 0 Å². The van der Waals surface area contributed by atoms with Crippen LogP contribution in [0.15, 0.2) is 24.3 Å². The first-order chi connectivity index (χ1) is 8.79. The molecule has 1 aromatic carbocycles. The topological polar surface area (TPSA) is 38.3 Å². The van der Waals surface area contributed by atoms with Gasteiger partial charge in [0.15, 0.2) is 5.78 Å². The van der Waals surface area contributed by atoms with Crippen molar-refractivity contribution in [1.82, 2.24) is 5.32 Å². The van der Waals surface area contributed by atoms with Crippen LogP contribution < -0.4 is 10.1 Å². The van der Waals surface area contributed by atoms with Crippen molar-refractivity contribution in [2.45, 2.75) is 38.1 Å². The number of carbonyl (C=O) groups excluding carboxylic acids is 1. The second-order valence-corrected chi connectivity index (χ2v) is 4.84. The van der Waals surface area contributed by atoms with Gasteiger partial charge in [0.25, 0.3) is 0 Å². The zero-order valence-corrected chi connectivity index (χ0v) is 10.9. The van der Waals surface area contributed by atoms with Crippen LogP contribution in [0.2, 0.25) is 0 Å². The summed E-state index contributed by atoms with van der Waals surface area (Å²) in [4.78, 5) is 12.1.